The van der Waals surface area contributed by atoms with Gasteiger partial charge in [-0.2, -0.15) is 0 Å². The second-order valence-corrected chi connectivity index (χ2v) is 8.08. The first kappa shape index (κ1) is 18.5. The number of rotatable bonds is 7. The third-order valence-electron chi connectivity index (χ3n) is 3.52. The molecule has 5 nitrogen and oxygen atoms in total. The minimum Gasteiger partial charge on any atom is -0.334 e. The quantitative estimate of drug-likeness (QED) is 0.837. The summed E-state index contributed by atoms with van der Waals surface area (Å²) in [6.07, 6.45) is 2.26. The molecule has 0 spiro atoms. The summed E-state index contributed by atoms with van der Waals surface area (Å²) in [6, 6.07) is 7.15. The van der Waals surface area contributed by atoms with Crippen LogP contribution in [-0.4, -0.2) is 39.2 Å². The first-order valence-corrected chi connectivity index (χ1v) is 9.51. The third kappa shape index (κ3) is 6.93. The first-order valence-electron chi connectivity index (χ1n) is 7.45. The third-order valence-corrected chi connectivity index (χ3v) is 4.38. The van der Waals surface area contributed by atoms with E-state index >= 15 is 0 Å². The van der Waals surface area contributed by atoms with Crippen LogP contribution in [0.1, 0.15) is 31.4 Å². The van der Waals surface area contributed by atoms with E-state index in [4.69, 9.17) is 0 Å². The van der Waals surface area contributed by atoms with Gasteiger partial charge in [-0.1, -0.05) is 44.5 Å². The lowest BCUT2D eigenvalue weighted by Crippen LogP contribution is -2.39. The summed E-state index contributed by atoms with van der Waals surface area (Å²) in [5.74, 6) is 0.517. The molecule has 1 rings (SSSR count). The fourth-order valence-corrected chi connectivity index (χ4v) is 2.85. The van der Waals surface area contributed by atoms with Crippen molar-refractivity contribution in [2.45, 2.75) is 32.6 Å². The van der Waals surface area contributed by atoms with Crippen molar-refractivity contribution >= 4 is 15.9 Å². The molecular formula is C16H26N2O3S. The van der Waals surface area contributed by atoms with E-state index in [1.807, 2.05) is 12.1 Å². The maximum Gasteiger partial charge on any atom is 0.317 e. The number of amides is 2. The molecule has 1 unspecified atom stereocenters. The Morgan fingerprint density at radius 2 is 1.77 bits per heavy atom. The van der Waals surface area contributed by atoms with Gasteiger partial charge < -0.3 is 10.2 Å². The molecule has 0 saturated carbocycles. The maximum atomic E-state index is 12.0. The molecule has 22 heavy (non-hydrogen) atoms. The Morgan fingerprint density at radius 1 is 1.23 bits per heavy atom. The summed E-state index contributed by atoms with van der Waals surface area (Å²) in [6.45, 7) is 5.39. The van der Waals surface area contributed by atoms with Crippen LogP contribution in [0.15, 0.2) is 24.3 Å². The summed E-state index contributed by atoms with van der Waals surface area (Å²) in [5, 5.41) is 2.86. The normalized spacial score (nSPS) is 12.7. The average molecular weight is 326 g/mol. The molecule has 0 bridgehead atoms. The zero-order chi connectivity index (χ0) is 16.8. The summed E-state index contributed by atoms with van der Waals surface area (Å²) in [5.41, 5.74) is 1.70. The molecule has 0 saturated heterocycles. The predicted molar refractivity (Wildman–Crippen MR) is 89.3 cm³/mol. The van der Waals surface area contributed by atoms with Gasteiger partial charge in [-0.3, -0.25) is 0 Å². The van der Waals surface area contributed by atoms with Gasteiger partial charge in [0, 0.05) is 26.4 Å². The van der Waals surface area contributed by atoms with Crippen LogP contribution >= 0.6 is 0 Å². The molecule has 6 heteroatoms. The van der Waals surface area contributed by atoms with E-state index in [-0.39, 0.29) is 11.8 Å². The van der Waals surface area contributed by atoms with Gasteiger partial charge in [-0.25, -0.2) is 13.2 Å². The van der Waals surface area contributed by atoms with Crippen molar-refractivity contribution < 1.29 is 13.2 Å². The van der Waals surface area contributed by atoms with Crippen LogP contribution in [0.4, 0.5) is 4.79 Å². The summed E-state index contributed by atoms with van der Waals surface area (Å²) < 4.78 is 22.5. The number of hydrogen-bond donors (Lipinski definition) is 1. The number of sulfone groups is 1. The van der Waals surface area contributed by atoms with Crippen LogP contribution in [0.3, 0.4) is 0 Å². The van der Waals surface area contributed by atoms with Gasteiger partial charge in [0.25, 0.3) is 0 Å². The van der Waals surface area contributed by atoms with Crippen molar-refractivity contribution in [1.82, 2.24) is 10.2 Å². The lowest BCUT2D eigenvalue weighted by molar-refractivity contribution is 0.201. The predicted octanol–water partition coefficient (Wildman–Crippen LogP) is 2.42. The van der Waals surface area contributed by atoms with E-state index in [0.717, 1.165) is 24.1 Å². The Kier molecular flexibility index (Phi) is 6.87. The number of urea groups is 1. The number of benzene rings is 1. The van der Waals surface area contributed by atoms with Crippen molar-refractivity contribution in [3.63, 3.8) is 0 Å². The van der Waals surface area contributed by atoms with E-state index in [1.54, 1.807) is 24.1 Å². The standard InChI is InChI=1S/C16H26N2O3S/c1-5-13(2)11-18(3)16(19)17-10-14-6-8-15(9-7-14)12-22(4,20)21/h6-9,13H,5,10-12H2,1-4H3,(H,17,19). The zero-order valence-corrected chi connectivity index (χ0v) is 14.6. The Bertz CT molecular complexity index is 582. The molecule has 2 amide bonds. The average Bonchev–Trinajstić information content (AvgIpc) is 2.44. The Morgan fingerprint density at radius 3 is 2.27 bits per heavy atom. The number of nitrogens with one attached hydrogen (secondary N) is 1. The topological polar surface area (TPSA) is 66.5 Å². The van der Waals surface area contributed by atoms with E-state index in [0.29, 0.717) is 12.5 Å². The molecule has 0 aromatic heterocycles. The molecule has 0 heterocycles. The van der Waals surface area contributed by atoms with Crippen LogP contribution in [0.5, 0.6) is 0 Å². The molecule has 1 aromatic rings. The van der Waals surface area contributed by atoms with E-state index in [1.165, 1.54) is 6.26 Å². The number of nitrogens with zero attached hydrogens (tertiary/aromatic N) is 1. The van der Waals surface area contributed by atoms with Crippen LogP contribution in [-0.2, 0) is 22.1 Å². The molecular weight excluding hydrogens is 300 g/mol. The highest BCUT2D eigenvalue weighted by molar-refractivity contribution is 7.89. The van der Waals surface area contributed by atoms with Crippen molar-refractivity contribution in [2.75, 3.05) is 19.8 Å². The number of carbonyl (C=O) groups is 1. The summed E-state index contributed by atoms with van der Waals surface area (Å²) in [4.78, 5) is 13.6. The van der Waals surface area contributed by atoms with Gasteiger partial charge in [0.15, 0.2) is 9.84 Å². The molecule has 1 N–H and O–H groups in total. The number of hydrogen-bond acceptors (Lipinski definition) is 3. The van der Waals surface area contributed by atoms with Gasteiger partial charge in [0.1, 0.15) is 0 Å². The maximum absolute atomic E-state index is 12.0. The van der Waals surface area contributed by atoms with Gasteiger partial charge in [0.05, 0.1) is 5.75 Å². The highest BCUT2D eigenvalue weighted by Crippen LogP contribution is 2.08. The van der Waals surface area contributed by atoms with Crippen LogP contribution in [0, 0.1) is 5.92 Å². The van der Waals surface area contributed by atoms with E-state index in [2.05, 4.69) is 19.2 Å². The smallest absolute Gasteiger partial charge is 0.317 e. The van der Waals surface area contributed by atoms with Crippen LogP contribution in [0.2, 0.25) is 0 Å². The van der Waals surface area contributed by atoms with Gasteiger partial charge in [0.2, 0.25) is 0 Å². The highest BCUT2D eigenvalue weighted by Gasteiger charge is 2.11. The fourth-order valence-electron chi connectivity index (χ4n) is 2.05. The van der Waals surface area contributed by atoms with Gasteiger partial charge in [-0.15, -0.1) is 0 Å². The van der Waals surface area contributed by atoms with Crippen LogP contribution < -0.4 is 5.32 Å². The minimum absolute atomic E-state index is 0.0390. The lowest BCUT2D eigenvalue weighted by Gasteiger charge is -2.21. The largest absolute Gasteiger partial charge is 0.334 e. The summed E-state index contributed by atoms with van der Waals surface area (Å²) >= 11 is 0. The number of carbonyl (C=O) groups excluding carboxylic acids is 1. The molecule has 1 atom stereocenters. The van der Waals surface area contributed by atoms with Gasteiger partial charge in [-0.05, 0) is 17.0 Å². The lowest BCUT2D eigenvalue weighted by atomic mass is 10.1. The Balaban J connectivity index is 2.49. The highest BCUT2D eigenvalue weighted by atomic mass is 32.2. The molecule has 0 aliphatic rings. The Hall–Kier alpha value is -1.56. The fraction of sp³-hybridized carbons (Fsp3) is 0.562. The van der Waals surface area contributed by atoms with E-state index in [9.17, 15) is 13.2 Å². The first-order chi connectivity index (χ1) is 10.2. The van der Waals surface area contributed by atoms with Crippen molar-refractivity contribution in [3.8, 4) is 0 Å². The molecule has 0 aliphatic carbocycles. The minimum atomic E-state index is -3.02. The SMILES string of the molecule is CCC(C)CN(C)C(=O)NCc1ccc(CS(C)(=O)=O)cc1. The molecule has 0 aliphatic heterocycles. The van der Waals surface area contributed by atoms with Crippen molar-refractivity contribution in [2.24, 2.45) is 5.92 Å². The summed E-state index contributed by atoms with van der Waals surface area (Å²) in [7, 11) is -1.23. The molecule has 124 valence electrons. The zero-order valence-electron chi connectivity index (χ0n) is 13.8. The molecule has 0 radical (unpaired) electrons. The van der Waals surface area contributed by atoms with Crippen LogP contribution in [0.25, 0.3) is 0 Å². The Labute approximate surface area is 133 Å². The monoisotopic (exact) mass is 326 g/mol. The van der Waals surface area contributed by atoms with Gasteiger partial charge >= 0.3 is 6.03 Å². The van der Waals surface area contributed by atoms with Crippen molar-refractivity contribution in [1.29, 1.82) is 0 Å². The van der Waals surface area contributed by atoms with E-state index < -0.39 is 9.84 Å². The van der Waals surface area contributed by atoms with Crippen molar-refractivity contribution in [3.05, 3.63) is 35.4 Å². The second-order valence-electron chi connectivity index (χ2n) is 5.94. The molecule has 0 fully saturated rings. The molecule has 1 aromatic carbocycles. The second kappa shape index (κ2) is 8.17.